The Hall–Kier alpha value is -0.610. The van der Waals surface area contributed by atoms with Crippen molar-refractivity contribution in [2.75, 3.05) is 32.7 Å². The highest BCUT2D eigenvalue weighted by molar-refractivity contribution is 5.81. The number of carbonyl (C=O) groups excluding carboxylic acids is 1. The lowest BCUT2D eigenvalue weighted by molar-refractivity contribution is -0.134. The monoisotopic (exact) mass is 227 g/mol. The number of amides is 1. The topological polar surface area (TPSA) is 49.6 Å². The predicted molar refractivity (Wildman–Crippen MR) is 66.2 cm³/mol. The van der Waals surface area contributed by atoms with Gasteiger partial charge in [-0.05, 0) is 13.0 Å². The molecule has 0 bridgehead atoms. The lowest BCUT2D eigenvalue weighted by Crippen LogP contribution is -2.53. The zero-order valence-corrected chi connectivity index (χ0v) is 10.6. The zero-order chi connectivity index (χ0) is 12.0. The van der Waals surface area contributed by atoms with Crippen molar-refractivity contribution in [3.05, 3.63) is 0 Å². The van der Waals surface area contributed by atoms with E-state index < -0.39 is 0 Å². The van der Waals surface area contributed by atoms with Crippen molar-refractivity contribution in [1.29, 1.82) is 0 Å². The van der Waals surface area contributed by atoms with Gasteiger partial charge in [0.05, 0.1) is 6.04 Å². The second-order valence-corrected chi connectivity index (χ2v) is 4.51. The fourth-order valence-electron chi connectivity index (χ4n) is 2.07. The van der Waals surface area contributed by atoms with E-state index in [4.69, 9.17) is 5.73 Å². The van der Waals surface area contributed by atoms with Crippen LogP contribution in [-0.4, -0.2) is 54.5 Å². The fraction of sp³-hybridized carbons (Fsp3) is 0.917. The van der Waals surface area contributed by atoms with Gasteiger partial charge in [-0.15, -0.1) is 0 Å². The molecule has 4 nitrogen and oxygen atoms in total. The minimum atomic E-state index is -0.284. The molecule has 2 N–H and O–H groups in total. The Labute approximate surface area is 98.8 Å². The maximum atomic E-state index is 12.0. The molecule has 1 rings (SSSR count). The van der Waals surface area contributed by atoms with Crippen molar-refractivity contribution in [1.82, 2.24) is 9.80 Å². The summed E-state index contributed by atoms with van der Waals surface area (Å²) in [6, 6.07) is -0.284. The molecule has 1 fully saturated rings. The number of unbranched alkanes of at least 4 members (excludes halogenated alkanes) is 1. The van der Waals surface area contributed by atoms with Crippen molar-refractivity contribution in [3.63, 3.8) is 0 Å². The smallest absolute Gasteiger partial charge is 0.239 e. The largest absolute Gasteiger partial charge is 0.339 e. The lowest BCUT2D eigenvalue weighted by Gasteiger charge is -2.35. The second kappa shape index (κ2) is 6.86. The average Bonchev–Trinajstić information content (AvgIpc) is 2.35. The fourth-order valence-corrected chi connectivity index (χ4v) is 2.07. The third kappa shape index (κ3) is 3.76. The summed E-state index contributed by atoms with van der Waals surface area (Å²) in [7, 11) is 0. The number of nitrogens with two attached hydrogens (primary N) is 1. The molecular weight excluding hydrogens is 202 g/mol. The standard InChI is InChI=1S/C12H25N3O/c1-3-5-6-11(13)12(16)15-9-7-14(4-2)8-10-15/h11H,3-10,13H2,1-2H3. The third-order valence-electron chi connectivity index (χ3n) is 3.32. The Bertz CT molecular complexity index is 212. The molecule has 0 spiro atoms. The summed E-state index contributed by atoms with van der Waals surface area (Å²) in [6.07, 6.45) is 2.97. The molecule has 4 heteroatoms. The van der Waals surface area contributed by atoms with Crippen LogP contribution in [0, 0.1) is 0 Å². The van der Waals surface area contributed by atoms with Crippen LogP contribution in [0.25, 0.3) is 0 Å². The summed E-state index contributed by atoms with van der Waals surface area (Å²) in [6.45, 7) is 9.01. The number of hydrogen-bond donors (Lipinski definition) is 1. The highest BCUT2D eigenvalue weighted by atomic mass is 16.2. The van der Waals surface area contributed by atoms with E-state index in [1.165, 1.54) is 0 Å². The average molecular weight is 227 g/mol. The highest BCUT2D eigenvalue weighted by Gasteiger charge is 2.23. The van der Waals surface area contributed by atoms with E-state index in [1.807, 2.05) is 4.90 Å². The number of nitrogens with zero attached hydrogens (tertiary/aromatic N) is 2. The van der Waals surface area contributed by atoms with Crippen molar-refractivity contribution in [3.8, 4) is 0 Å². The number of hydrogen-bond acceptors (Lipinski definition) is 3. The van der Waals surface area contributed by atoms with E-state index in [2.05, 4.69) is 18.7 Å². The molecule has 1 aliphatic rings. The maximum absolute atomic E-state index is 12.0. The van der Waals surface area contributed by atoms with Crippen LogP contribution in [0.5, 0.6) is 0 Å². The Morgan fingerprint density at radius 2 is 1.88 bits per heavy atom. The van der Waals surface area contributed by atoms with Crippen molar-refractivity contribution in [2.24, 2.45) is 5.73 Å². The summed E-state index contributed by atoms with van der Waals surface area (Å²) in [4.78, 5) is 16.3. The first kappa shape index (κ1) is 13.5. The van der Waals surface area contributed by atoms with Crippen LogP contribution in [0.3, 0.4) is 0 Å². The number of likely N-dealkylation sites (N-methyl/N-ethyl adjacent to an activating group) is 1. The number of piperazine rings is 1. The summed E-state index contributed by atoms with van der Waals surface area (Å²) in [5.74, 6) is 0.143. The van der Waals surface area contributed by atoms with Gasteiger partial charge < -0.3 is 15.5 Å². The third-order valence-corrected chi connectivity index (χ3v) is 3.32. The first-order valence-corrected chi connectivity index (χ1v) is 6.45. The summed E-state index contributed by atoms with van der Waals surface area (Å²) >= 11 is 0. The van der Waals surface area contributed by atoms with Crippen LogP contribution in [0.4, 0.5) is 0 Å². The van der Waals surface area contributed by atoms with E-state index in [-0.39, 0.29) is 11.9 Å². The van der Waals surface area contributed by atoms with Gasteiger partial charge in [-0.1, -0.05) is 26.7 Å². The molecule has 94 valence electrons. The van der Waals surface area contributed by atoms with Crippen LogP contribution < -0.4 is 5.73 Å². The van der Waals surface area contributed by atoms with Gasteiger partial charge in [0.2, 0.25) is 5.91 Å². The second-order valence-electron chi connectivity index (χ2n) is 4.51. The van der Waals surface area contributed by atoms with E-state index in [1.54, 1.807) is 0 Å². The lowest BCUT2D eigenvalue weighted by atomic mass is 10.1. The first-order valence-electron chi connectivity index (χ1n) is 6.45. The van der Waals surface area contributed by atoms with Gasteiger partial charge in [-0.3, -0.25) is 4.79 Å². The van der Waals surface area contributed by atoms with E-state index in [0.29, 0.717) is 0 Å². The van der Waals surface area contributed by atoms with Crippen LogP contribution >= 0.6 is 0 Å². The van der Waals surface area contributed by atoms with Gasteiger partial charge in [-0.2, -0.15) is 0 Å². The Morgan fingerprint density at radius 1 is 1.25 bits per heavy atom. The van der Waals surface area contributed by atoms with Crippen molar-refractivity contribution < 1.29 is 4.79 Å². The molecule has 1 aliphatic heterocycles. The van der Waals surface area contributed by atoms with Gasteiger partial charge in [0.15, 0.2) is 0 Å². The highest BCUT2D eigenvalue weighted by Crippen LogP contribution is 2.06. The molecule has 0 radical (unpaired) electrons. The van der Waals surface area contributed by atoms with E-state index >= 15 is 0 Å². The molecule has 0 aromatic heterocycles. The minimum absolute atomic E-state index is 0.143. The Balaban J connectivity index is 2.32. The first-order chi connectivity index (χ1) is 7.69. The van der Waals surface area contributed by atoms with E-state index in [9.17, 15) is 4.79 Å². The quantitative estimate of drug-likeness (QED) is 0.751. The zero-order valence-electron chi connectivity index (χ0n) is 10.6. The van der Waals surface area contributed by atoms with Crippen molar-refractivity contribution >= 4 is 5.91 Å². The van der Waals surface area contributed by atoms with Gasteiger partial charge >= 0.3 is 0 Å². The van der Waals surface area contributed by atoms with Crippen LogP contribution in [-0.2, 0) is 4.79 Å². The molecular formula is C12H25N3O. The number of rotatable bonds is 5. The van der Waals surface area contributed by atoms with Crippen molar-refractivity contribution in [2.45, 2.75) is 39.2 Å². The Morgan fingerprint density at radius 3 is 2.38 bits per heavy atom. The Kier molecular flexibility index (Phi) is 5.77. The molecule has 0 aliphatic carbocycles. The molecule has 1 heterocycles. The molecule has 1 amide bonds. The van der Waals surface area contributed by atoms with Crippen LogP contribution in [0.15, 0.2) is 0 Å². The van der Waals surface area contributed by atoms with Crippen LogP contribution in [0.1, 0.15) is 33.1 Å². The molecule has 0 aromatic rings. The molecule has 0 saturated carbocycles. The minimum Gasteiger partial charge on any atom is -0.339 e. The normalized spacial score (nSPS) is 19.8. The SMILES string of the molecule is CCCCC(N)C(=O)N1CCN(CC)CC1. The predicted octanol–water partition coefficient (Wildman–Crippen LogP) is 0.668. The molecule has 1 unspecified atom stereocenters. The summed E-state index contributed by atoms with van der Waals surface area (Å²) in [5.41, 5.74) is 5.90. The molecule has 16 heavy (non-hydrogen) atoms. The van der Waals surface area contributed by atoms with Gasteiger partial charge in [-0.25, -0.2) is 0 Å². The van der Waals surface area contributed by atoms with Crippen LogP contribution in [0.2, 0.25) is 0 Å². The molecule has 1 saturated heterocycles. The maximum Gasteiger partial charge on any atom is 0.239 e. The molecule has 0 aromatic carbocycles. The van der Waals surface area contributed by atoms with Gasteiger partial charge in [0.25, 0.3) is 0 Å². The summed E-state index contributed by atoms with van der Waals surface area (Å²) < 4.78 is 0. The van der Waals surface area contributed by atoms with Gasteiger partial charge in [0, 0.05) is 26.2 Å². The summed E-state index contributed by atoms with van der Waals surface area (Å²) in [5, 5.41) is 0. The molecule has 1 atom stereocenters. The van der Waals surface area contributed by atoms with Gasteiger partial charge in [0.1, 0.15) is 0 Å². The number of carbonyl (C=O) groups is 1. The van der Waals surface area contributed by atoms with E-state index in [0.717, 1.165) is 52.0 Å².